The molecule has 0 saturated heterocycles. The monoisotopic (exact) mass is 207 g/mol. The van der Waals surface area contributed by atoms with E-state index in [1.54, 1.807) is 12.2 Å². The van der Waals surface area contributed by atoms with Crippen LogP contribution in [0.15, 0.2) is 28.8 Å². The number of carbonyl (C=O) groups excluding carboxylic acids is 1. The van der Waals surface area contributed by atoms with Crippen LogP contribution in [0.2, 0.25) is 0 Å². The molecule has 0 fully saturated rings. The highest BCUT2D eigenvalue weighted by atomic mass is 16.2. The average molecular weight is 207 g/mol. The van der Waals surface area contributed by atoms with Gasteiger partial charge in [0.05, 0.1) is 0 Å². The van der Waals surface area contributed by atoms with E-state index >= 15 is 0 Å². The largest absolute Gasteiger partial charge is 0.343 e. The lowest BCUT2D eigenvalue weighted by atomic mass is 9.90. The minimum atomic E-state index is -0.165. The normalized spacial score (nSPS) is 20.0. The maximum Gasteiger partial charge on any atom is 0.274 e. The molecule has 1 amide bonds. The standard InChI is InChI=1S/C11H17N3O/c1-6-9-13-8(11(2,3)4)7-10(15)14(9)12-5/h6-7,13H,5H2,1-4H3/b9-6-. The van der Waals surface area contributed by atoms with Gasteiger partial charge in [0.2, 0.25) is 0 Å². The molecule has 0 aromatic carbocycles. The lowest BCUT2D eigenvalue weighted by Gasteiger charge is -2.32. The molecule has 0 atom stereocenters. The quantitative estimate of drug-likeness (QED) is 0.667. The molecule has 1 heterocycles. The van der Waals surface area contributed by atoms with Crippen molar-refractivity contribution in [3.05, 3.63) is 23.7 Å². The Balaban J connectivity index is 3.10. The fraction of sp³-hybridized carbons (Fsp3) is 0.455. The van der Waals surface area contributed by atoms with E-state index < -0.39 is 0 Å². The number of hydrazone groups is 1. The molecule has 15 heavy (non-hydrogen) atoms. The maximum absolute atomic E-state index is 11.7. The highest BCUT2D eigenvalue weighted by Crippen LogP contribution is 2.27. The maximum atomic E-state index is 11.7. The summed E-state index contributed by atoms with van der Waals surface area (Å²) in [5.41, 5.74) is 0.803. The van der Waals surface area contributed by atoms with Gasteiger partial charge in [-0.3, -0.25) is 4.79 Å². The molecule has 0 radical (unpaired) electrons. The van der Waals surface area contributed by atoms with Crippen molar-refractivity contribution in [1.29, 1.82) is 0 Å². The van der Waals surface area contributed by atoms with Crippen molar-refractivity contribution in [2.45, 2.75) is 27.7 Å². The minimum Gasteiger partial charge on any atom is -0.343 e. The van der Waals surface area contributed by atoms with Gasteiger partial charge in [-0.25, -0.2) is 0 Å². The summed E-state index contributed by atoms with van der Waals surface area (Å²) < 4.78 is 0. The fourth-order valence-corrected chi connectivity index (χ4v) is 1.27. The number of nitrogens with one attached hydrogen (secondary N) is 1. The van der Waals surface area contributed by atoms with Gasteiger partial charge in [0, 0.05) is 23.9 Å². The van der Waals surface area contributed by atoms with E-state index in [0.29, 0.717) is 5.82 Å². The molecule has 0 unspecified atom stereocenters. The third-order valence-electron chi connectivity index (χ3n) is 2.19. The predicted octanol–water partition coefficient (Wildman–Crippen LogP) is 1.83. The molecular formula is C11H17N3O. The van der Waals surface area contributed by atoms with E-state index in [2.05, 4.69) is 17.1 Å². The number of amides is 1. The van der Waals surface area contributed by atoms with Gasteiger partial charge in [0.1, 0.15) is 5.82 Å². The molecule has 1 aliphatic heterocycles. The Morgan fingerprint density at radius 3 is 2.53 bits per heavy atom. The molecule has 82 valence electrons. The molecule has 1 N–H and O–H groups in total. The van der Waals surface area contributed by atoms with E-state index in [4.69, 9.17) is 0 Å². The molecule has 1 rings (SSSR count). The Kier molecular flexibility index (Phi) is 2.98. The van der Waals surface area contributed by atoms with Gasteiger partial charge < -0.3 is 5.32 Å². The van der Waals surface area contributed by atoms with Crippen molar-refractivity contribution in [1.82, 2.24) is 10.3 Å². The summed E-state index contributed by atoms with van der Waals surface area (Å²) in [6.45, 7) is 11.3. The van der Waals surface area contributed by atoms with Crippen LogP contribution < -0.4 is 5.32 Å². The lowest BCUT2D eigenvalue weighted by Crippen LogP contribution is -2.39. The van der Waals surface area contributed by atoms with Crippen molar-refractivity contribution >= 4 is 12.6 Å². The molecule has 0 spiro atoms. The Morgan fingerprint density at radius 1 is 1.53 bits per heavy atom. The van der Waals surface area contributed by atoms with Crippen molar-refractivity contribution < 1.29 is 4.79 Å². The predicted molar refractivity (Wildman–Crippen MR) is 60.8 cm³/mol. The van der Waals surface area contributed by atoms with Gasteiger partial charge in [-0.2, -0.15) is 10.1 Å². The molecule has 4 nitrogen and oxygen atoms in total. The first kappa shape index (κ1) is 11.5. The minimum absolute atomic E-state index is 0.0861. The zero-order chi connectivity index (χ0) is 11.6. The van der Waals surface area contributed by atoms with Crippen molar-refractivity contribution in [2.24, 2.45) is 10.5 Å². The van der Waals surface area contributed by atoms with Crippen LogP contribution in [0.25, 0.3) is 0 Å². The van der Waals surface area contributed by atoms with Crippen molar-refractivity contribution in [2.75, 3.05) is 0 Å². The second-order valence-electron chi connectivity index (χ2n) is 4.40. The topological polar surface area (TPSA) is 44.7 Å². The zero-order valence-electron chi connectivity index (χ0n) is 9.66. The Hall–Kier alpha value is -1.58. The highest BCUT2D eigenvalue weighted by molar-refractivity contribution is 5.91. The second-order valence-corrected chi connectivity index (χ2v) is 4.40. The Labute approximate surface area is 90.3 Å². The van der Waals surface area contributed by atoms with Gasteiger partial charge in [0.25, 0.3) is 5.91 Å². The molecule has 4 heteroatoms. The number of hydrogen-bond donors (Lipinski definition) is 1. The van der Waals surface area contributed by atoms with Crippen LogP contribution in [-0.2, 0) is 4.79 Å². The Morgan fingerprint density at radius 2 is 2.13 bits per heavy atom. The molecular weight excluding hydrogens is 190 g/mol. The Bertz CT molecular complexity index is 347. The van der Waals surface area contributed by atoms with Crippen molar-refractivity contribution in [3.63, 3.8) is 0 Å². The van der Waals surface area contributed by atoms with Gasteiger partial charge in [-0.05, 0) is 13.0 Å². The number of hydrogen-bond acceptors (Lipinski definition) is 3. The first-order valence-corrected chi connectivity index (χ1v) is 4.86. The SMILES string of the molecule is C=NN1C(=O)C=C(C(C)(C)C)N/C1=C/C. The highest BCUT2D eigenvalue weighted by Gasteiger charge is 2.27. The van der Waals surface area contributed by atoms with Crippen molar-refractivity contribution in [3.8, 4) is 0 Å². The number of allylic oxidation sites excluding steroid dienone is 2. The van der Waals surface area contributed by atoms with Crippen LogP contribution >= 0.6 is 0 Å². The summed E-state index contributed by atoms with van der Waals surface area (Å²) in [7, 11) is 0. The van der Waals surface area contributed by atoms with Crippen LogP contribution in [-0.4, -0.2) is 17.6 Å². The number of carbonyl (C=O) groups is 1. The zero-order valence-corrected chi connectivity index (χ0v) is 9.66. The first-order chi connectivity index (χ1) is 6.90. The summed E-state index contributed by atoms with van der Waals surface area (Å²) in [5, 5.41) is 8.07. The van der Waals surface area contributed by atoms with Gasteiger partial charge in [-0.15, -0.1) is 0 Å². The third-order valence-corrected chi connectivity index (χ3v) is 2.19. The van der Waals surface area contributed by atoms with Crippen LogP contribution in [0.1, 0.15) is 27.7 Å². The summed E-state index contributed by atoms with van der Waals surface area (Å²) in [6.07, 6.45) is 3.35. The summed E-state index contributed by atoms with van der Waals surface area (Å²) in [6, 6.07) is 0. The first-order valence-electron chi connectivity index (χ1n) is 4.86. The summed E-state index contributed by atoms with van der Waals surface area (Å²) >= 11 is 0. The molecule has 0 saturated carbocycles. The lowest BCUT2D eigenvalue weighted by molar-refractivity contribution is -0.125. The molecule has 0 aromatic rings. The number of nitrogens with zero attached hydrogens (tertiary/aromatic N) is 2. The van der Waals surface area contributed by atoms with E-state index in [1.807, 2.05) is 27.7 Å². The molecule has 0 aromatic heterocycles. The smallest absolute Gasteiger partial charge is 0.274 e. The van der Waals surface area contributed by atoms with E-state index in [1.165, 1.54) is 5.01 Å². The van der Waals surface area contributed by atoms with Gasteiger partial charge >= 0.3 is 0 Å². The molecule has 0 bridgehead atoms. The third kappa shape index (κ3) is 2.26. The fourth-order valence-electron chi connectivity index (χ4n) is 1.27. The second kappa shape index (κ2) is 3.88. The van der Waals surface area contributed by atoms with E-state index in [9.17, 15) is 4.79 Å². The summed E-state index contributed by atoms with van der Waals surface area (Å²) in [4.78, 5) is 11.7. The van der Waals surface area contributed by atoms with Gasteiger partial charge in [-0.1, -0.05) is 20.8 Å². The summed E-state index contributed by atoms with van der Waals surface area (Å²) in [5.74, 6) is 0.490. The van der Waals surface area contributed by atoms with E-state index in [0.717, 1.165) is 5.70 Å². The van der Waals surface area contributed by atoms with Crippen LogP contribution in [0, 0.1) is 5.41 Å². The van der Waals surface area contributed by atoms with Crippen LogP contribution in [0.3, 0.4) is 0 Å². The van der Waals surface area contributed by atoms with E-state index in [-0.39, 0.29) is 11.3 Å². The molecule has 1 aliphatic rings. The molecule has 0 aliphatic carbocycles. The average Bonchev–Trinajstić information content (AvgIpc) is 2.15. The van der Waals surface area contributed by atoms with Crippen LogP contribution in [0.4, 0.5) is 0 Å². The number of rotatable bonds is 1. The van der Waals surface area contributed by atoms with Gasteiger partial charge in [0.15, 0.2) is 0 Å². The van der Waals surface area contributed by atoms with Crippen LogP contribution in [0.5, 0.6) is 0 Å².